The van der Waals surface area contributed by atoms with Crippen molar-refractivity contribution in [3.63, 3.8) is 0 Å². The molecule has 0 atom stereocenters. The van der Waals surface area contributed by atoms with Gasteiger partial charge in [0.2, 0.25) is 0 Å². The average Bonchev–Trinajstić information content (AvgIpc) is 2.22. The van der Waals surface area contributed by atoms with Crippen LogP contribution in [0.2, 0.25) is 0 Å². The van der Waals surface area contributed by atoms with E-state index in [2.05, 4.69) is 15.9 Å². The summed E-state index contributed by atoms with van der Waals surface area (Å²) < 4.78 is 7.74. The van der Waals surface area contributed by atoms with Crippen molar-refractivity contribution >= 4 is 22.0 Å². The quantitative estimate of drug-likeness (QED) is 0.829. The molecule has 1 amide bonds. The molecular formula is C14H19BrN2O3. The minimum absolute atomic E-state index is 0.0323. The SMILES string of the molecule is CC(C)(C)OC(=O)N1CC(Cn2ccc(Br)cc2=O)C1. The van der Waals surface area contributed by atoms with Crippen molar-refractivity contribution in [1.29, 1.82) is 0 Å². The second-order valence-electron chi connectivity index (χ2n) is 6.09. The molecule has 0 radical (unpaired) electrons. The minimum Gasteiger partial charge on any atom is -0.444 e. The van der Waals surface area contributed by atoms with E-state index in [9.17, 15) is 9.59 Å². The van der Waals surface area contributed by atoms with Gasteiger partial charge in [-0.2, -0.15) is 0 Å². The smallest absolute Gasteiger partial charge is 0.410 e. The van der Waals surface area contributed by atoms with E-state index in [0.717, 1.165) is 4.47 Å². The number of ether oxygens (including phenoxy) is 1. The molecule has 6 heteroatoms. The summed E-state index contributed by atoms with van der Waals surface area (Å²) in [6.45, 7) is 7.46. The molecule has 5 nitrogen and oxygen atoms in total. The van der Waals surface area contributed by atoms with Crippen LogP contribution in [0.3, 0.4) is 0 Å². The Balaban J connectivity index is 1.85. The number of halogens is 1. The summed E-state index contributed by atoms with van der Waals surface area (Å²) in [5.41, 5.74) is -0.500. The number of amides is 1. The van der Waals surface area contributed by atoms with Crippen LogP contribution in [0, 0.1) is 5.92 Å². The Morgan fingerprint density at radius 3 is 2.65 bits per heavy atom. The summed E-state index contributed by atoms with van der Waals surface area (Å²) in [4.78, 5) is 25.2. The molecule has 1 aliphatic rings. The van der Waals surface area contributed by atoms with Gasteiger partial charge in [-0.3, -0.25) is 4.79 Å². The zero-order valence-corrected chi connectivity index (χ0v) is 13.5. The van der Waals surface area contributed by atoms with Crippen LogP contribution >= 0.6 is 15.9 Å². The standard InChI is InChI=1S/C14H19BrN2O3/c1-14(2,3)20-13(19)17-8-10(9-17)7-16-5-4-11(15)6-12(16)18/h4-6,10H,7-9H2,1-3H3. The van der Waals surface area contributed by atoms with Gasteiger partial charge < -0.3 is 14.2 Å². The maximum atomic E-state index is 11.8. The van der Waals surface area contributed by atoms with Gasteiger partial charge in [-0.15, -0.1) is 0 Å². The van der Waals surface area contributed by atoms with Crippen molar-refractivity contribution in [1.82, 2.24) is 9.47 Å². The molecule has 1 aromatic heterocycles. The van der Waals surface area contributed by atoms with Crippen molar-refractivity contribution in [2.24, 2.45) is 5.92 Å². The number of aromatic nitrogens is 1. The topological polar surface area (TPSA) is 51.5 Å². The summed E-state index contributed by atoms with van der Waals surface area (Å²) in [7, 11) is 0. The summed E-state index contributed by atoms with van der Waals surface area (Å²) in [5, 5.41) is 0. The first-order valence-corrected chi connectivity index (χ1v) is 7.38. The van der Waals surface area contributed by atoms with Crippen LogP contribution < -0.4 is 5.56 Å². The highest BCUT2D eigenvalue weighted by atomic mass is 79.9. The molecule has 20 heavy (non-hydrogen) atoms. The van der Waals surface area contributed by atoms with Gasteiger partial charge in [-0.05, 0) is 26.8 Å². The lowest BCUT2D eigenvalue weighted by atomic mass is 10.0. The van der Waals surface area contributed by atoms with Gasteiger partial charge in [0.1, 0.15) is 5.60 Å². The van der Waals surface area contributed by atoms with Gasteiger partial charge in [0.25, 0.3) is 5.56 Å². The fourth-order valence-corrected chi connectivity index (χ4v) is 2.39. The summed E-state index contributed by atoms with van der Waals surface area (Å²) >= 11 is 3.27. The third kappa shape index (κ3) is 3.85. The third-order valence-electron chi connectivity index (χ3n) is 3.02. The van der Waals surface area contributed by atoms with E-state index in [4.69, 9.17) is 4.74 Å². The van der Waals surface area contributed by atoms with Crippen LogP contribution in [0.25, 0.3) is 0 Å². The maximum absolute atomic E-state index is 11.8. The molecule has 0 N–H and O–H groups in total. The molecule has 1 saturated heterocycles. The number of hydrogen-bond donors (Lipinski definition) is 0. The maximum Gasteiger partial charge on any atom is 0.410 e. The van der Waals surface area contributed by atoms with Crippen LogP contribution in [-0.2, 0) is 11.3 Å². The molecule has 1 fully saturated rings. The van der Waals surface area contributed by atoms with E-state index in [1.807, 2.05) is 26.8 Å². The molecule has 0 saturated carbocycles. The van der Waals surface area contributed by atoms with E-state index in [1.54, 1.807) is 21.7 Å². The molecule has 2 heterocycles. The minimum atomic E-state index is -0.467. The highest BCUT2D eigenvalue weighted by molar-refractivity contribution is 9.10. The van der Waals surface area contributed by atoms with Crippen LogP contribution in [0.15, 0.2) is 27.6 Å². The molecule has 2 rings (SSSR count). The van der Waals surface area contributed by atoms with Gasteiger partial charge in [0, 0.05) is 42.3 Å². The fraction of sp³-hybridized carbons (Fsp3) is 0.571. The van der Waals surface area contributed by atoms with Crippen molar-refractivity contribution in [3.05, 3.63) is 33.2 Å². The Hall–Kier alpha value is -1.30. The Bertz CT molecular complexity index is 556. The van der Waals surface area contributed by atoms with Crippen LogP contribution in [0.1, 0.15) is 20.8 Å². The van der Waals surface area contributed by atoms with E-state index in [1.165, 1.54) is 0 Å². The number of rotatable bonds is 2. The van der Waals surface area contributed by atoms with Gasteiger partial charge in [-0.25, -0.2) is 4.79 Å². The zero-order valence-electron chi connectivity index (χ0n) is 11.9. The van der Waals surface area contributed by atoms with E-state index < -0.39 is 5.60 Å². The number of hydrogen-bond acceptors (Lipinski definition) is 3. The highest BCUT2D eigenvalue weighted by Gasteiger charge is 2.33. The number of carbonyl (C=O) groups is 1. The van der Waals surface area contributed by atoms with Gasteiger partial charge >= 0.3 is 6.09 Å². The zero-order chi connectivity index (χ0) is 14.9. The average molecular weight is 343 g/mol. The largest absolute Gasteiger partial charge is 0.444 e. The molecule has 0 aromatic carbocycles. The summed E-state index contributed by atoms with van der Waals surface area (Å²) in [6.07, 6.45) is 1.49. The molecule has 1 aliphatic heterocycles. The molecule has 0 unspecified atom stereocenters. The predicted molar refractivity (Wildman–Crippen MR) is 79.7 cm³/mol. The molecular weight excluding hydrogens is 324 g/mol. The number of pyridine rings is 1. The third-order valence-corrected chi connectivity index (χ3v) is 3.52. The van der Waals surface area contributed by atoms with Crippen LogP contribution in [0.5, 0.6) is 0 Å². The van der Waals surface area contributed by atoms with Gasteiger partial charge in [0.05, 0.1) is 0 Å². The highest BCUT2D eigenvalue weighted by Crippen LogP contribution is 2.20. The summed E-state index contributed by atoms with van der Waals surface area (Å²) in [6, 6.07) is 3.38. The van der Waals surface area contributed by atoms with Gasteiger partial charge in [0.15, 0.2) is 0 Å². The first kappa shape index (κ1) is 15.1. The first-order valence-electron chi connectivity index (χ1n) is 6.58. The number of nitrogens with zero attached hydrogens (tertiary/aromatic N) is 2. The molecule has 1 aromatic rings. The van der Waals surface area contributed by atoms with E-state index in [-0.39, 0.29) is 11.7 Å². The second-order valence-corrected chi connectivity index (χ2v) is 7.00. The number of likely N-dealkylation sites (tertiary alicyclic amines) is 1. The first-order chi connectivity index (χ1) is 9.24. The van der Waals surface area contributed by atoms with Gasteiger partial charge in [-0.1, -0.05) is 15.9 Å². The Kier molecular flexibility index (Phi) is 4.22. The molecule has 0 aliphatic carbocycles. The van der Waals surface area contributed by atoms with Crippen LogP contribution in [0.4, 0.5) is 4.79 Å². The van der Waals surface area contributed by atoms with Crippen molar-refractivity contribution in [2.75, 3.05) is 13.1 Å². The predicted octanol–water partition coefficient (Wildman–Crippen LogP) is 2.48. The number of carbonyl (C=O) groups excluding carboxylic acids is 1. The lowest BCUT2D eigenvalue weighted by Gasteiger charge is -2.39. The lowest BCUT2D eigenvalue weighted by molar-refractivity contribution is -0.00346. The van der Waals surface area contributed by atoms with E-state index >= 15 is 0 Å². The van der Waals surface area contributed by atoms with Crippen molar-refractivity contribution in [2.45, 2.75) is 32.9 Å². The Labute approximate surface area is 126 Å². The molecule has 110 valence electrons. The van der Waals surface area contributed by atoms with Crippen molar-refractivity contribution in [3.8, 4) is 0 Å². The Morgan fingerprint density at radius 1 is 1.45 bits per heavy atom. The molecule has 0 bridgehead atoms. The van der Waals surface area contributed by atoms with Crippen molar-refractivity contribution < 1.29 is 9.53 Å². The Morgan fingerprint density at radius 2 is 2.10 bits per heavy atom. The monoisotopic (exact) mass is 342 g/mol. The summed E-state index contributed by atoms with van der Waals surface area (Å²) in [5.74, 6) is 0.307. The second kappa shape index (κ2) is 5.60. The van der Waals surface area contributed by atoms with Crippen LogP contribution in [-0.4, -0.2) is 34.3 Å². The van der Waals surface area contributed by atoms with E-state index in [0.29, 0.717) is 25.6 Å². The lowest BCUT2D eigenvalue weighted by Crippen LogP contribution is -2.53. The fourth-order valence-electron chi connectivity index (χ4n) is 2.07. The normalized spacial score (nSPS) is 15.9. The molecule has 0 spiro atoms.